The van der Waals surface area contributed by atoms with Gasteiger partial charge in [-0.3, -0.25) is 0 Å². The van der Waals surface area contributed by atoms with Crippen LogP contribution in [0.1, 0.15) is 6.92 Å². The average molecular weight is 204 g/mol. The second-order valence-electron chi connectivity index (χ2n) is 3.63. The highest BCUT2D eigenvalue weighted by molar-refractivity contribution is 7.99. The van der Waals surface area contributed by atoms with E-state index in [0.29, 0.717) is 11.4 Å². The van der Waals surface area contributed by atoms with Gasteiger partial charge in [0.05, 0.1) is 12.7 Å². The van der Waals surface area contributed by atoms with Crippen molar-refractivity contribution in [2.75, 3.05) is 39.0 Å². The first-order valence-electron chi connectivity index (χ1n) is 4.84. The normalized spacial score (nSPS) is 27.5. The highest BCUT2D eigenvalue weighted by Crippen LogP contribution is 2.14. The molecule has 3 nitrogen and oxygen atoms in total. The summed E-state index contributed by atoms with van der Waals surface area (Å²) in [5.41, 5.74) is 5.54. The molecule has 0 aromatic rings. The van der Waals surface area contributed by atoms with Gasteiger partial charge in [0.25, 0.3) is 0 Å². The third-order valence-corrected chi connectivity index (χ3v) is 3.57. The van der Waals surface area contributed by atoms with Crippen LogP contribution in [0.25, 0.3) is 0 Å². The van der Waals surface area contributed by atoms with Crippen LogP contribution in [0.15, 0.2) is 0 Å². The molecule has 1 heterocycles. The summed E-state index contributed by atoms with van der Waals surface area (Å²) in [4.78, 5) is 2.32. The number of nitrogens with two attached hydrogens (primary N) is 1. The van der Waals surface area contributed by atoms with E-state index in [-0.39, 0.29) is 0 Å². The van der Waals surface area contributed by atoms with Gasteiger partial charge >= 0.3 is 0 Å². The summed E-state index contributed by atoms with van der Waals surface area (Å²) in [7, 11) is 2.15. The summed E-state index contributed by atoms with van der Waals surface area (Å²) in [5, 5.41) is 0.552. The van der Waals surface area contributed by atoms with Crippen molar-refractivity contribution in [2.45, 2.75) is 18.3 Å². The van der Waals surface area contributed by atoms with Gasteiger partial charge < -0.3 is 15.4 Å². The first-order chi connectivity index (χ1) is 6.22. The fourth-order valence-corrected chi connectivity index (χ4v) is 2.19. The van der Waals surface area contributed by atoms with Gasteiger partial charge in [-0.1, -0.05) is 6.92 Å². The van der Waals surface area contributed by atoms with Crippen LogP contribution in [0.2, 0.25) is 0 Å². The summed E-state index contributed by atoms with van der Waals surface area (Å²) < 4.78 is 5.64. The second-order valence-corrected chi connectivity index (χ2v) is 5.11. The average Bonchev–Trinajstić information content (AvgIpc) is 2.14. The molecule has 0 radical (unpaired) electrons. The van der Waals surface area contributed by atoms with E-state index in [1.807, 2.05) is 11.8 Å². The Kier molecular flexibility index (Phi) is 5.09. The first-order valence-corrected chi connectivity index (χ1v) is 5.89. The van der Waals surface area contributed by atoms with Crippen molar-refractivity contribution in [3.05, 3.63) is 0 Å². The first kappa shape index (κ1) is 11.3. The minimum atomic E-state index is 0.401. The summed E-state index contributed by atoms with van der Waals surface area (Å²) >= 11 is 1.91. The van der Waals surface area contributed by atoms with Crippen LogP contribution >= 0.6 is 11.8 Å². The van der Waals surface area contributed by atoms with Crippen molar-refractivity contribution in [3.63, 3.8) is 0 Å². The van der Waals surface area contributed by atoms with Gasteiger partial charge in [-0.15, -0.1) is 0 Å². The number of thioether (sulfide) groups is 1. The van der Waals surface area contributed by atoms with E-state index in [1.165, 1.54) is 0 Å². The molecule has 78 valence electrons. The van der Waals surface area contributed by atoms with E-state index >= 15 is 0 Å². The van der Waals surface area contributed by atoms with E-state index < -0.39 is 0 Å². The lowest BCUT2D eigenvalue weighted by molar-refractivity contribution is -0.00602. The molecule has 2 N–H and O–H groups in total. The SMILES string of the molecule is CC(CN)SCC1CN(C)CCO1. The number of nitrogens with zero attached hydrogens (tertiary/aromatic N) is 1. The van der Waals surface area contributed by atoms with Gasteiger partial charge in [-0.25, -0.2) is 0 Å². The minimum absolute atomic E-state index is 0.401. The molecule has 0 spiro atoms. The highest BCUT2D eigenvalue weighted by atomic mass is 32.2. The Labute approximate surface area is 85.0 Å². The molecule has 0 aromatic heterocycles. The summed E-state index contributed by atoms with van der Waals surface area (Å²) in [6.07, 6.45) is 0.401. The smallest absolute Gasteiger partial charge is 0.0792 e. The number of likely N-dealkylation sites (N-methyl/N-ethyl adjacent to an activating group) is 1. The third kappa shape index (κ3) is 4.31. The van der Waals surface area contributed by atoms with Gasteiger partial charge in [0.15, 0.2) is 0 Å². The minimum Gasteiger partial charge on any atom is -0.375 e. The van der Waals surface area contributed by atoms with Crippen molar-refractivity contribution in [2.24, 2.45) is 5.73 Å². The Morgan fingerprint density at radius 1 is 1.69 bits per heavy atom. The Balaban J connectivity index is 2.13. The molecule has 0 aromatic carbocycles. The van der Waals surface area contributed by atoms with Gasteiger partial charge in [0, 0.05) is 30.6 Å². The molecule has 0 saturated carbocycles. The van der Waals surface area contributed by atoms with Crippen LogP contribution in [-0.2, 0) is 4.74 Å². The molecule has 1 rings (SSSR count). The van der Waals surface area contributed by atoms with Crippen molar-refractivity contribution in [1.29, 1.82) is 0 Å². The molecular formula is C9H20N2OS. The molecule has 1 saturated heterocycles. The van der Waals surface area contributed by atoms with Gasteiger partial charge in [0.1, 0.15) is 0 Å². The zero-order valence-electron chi connectivity index (χ0n) is 8.53. The van der Waals surface area contributed by atoms with Crippen LogP contribution in [0.3, 0.4) is 0 Å². The van der Waals surface area contributed by atoms with Crippen molar-refractivity contribution in [3.8, 4) is 0 Å². The van der Waals surface area contributed by atoms with E-state index in [1.54, 1.807) is 0 Å². The molecule has 1 aliphatic rings. The Bertz CT molecular complexity index is 146. The predicted octanol–water partition coefficient (Wildman–Crippen LogP) is 0.397. The topological polar surface area (TPSA) is 38.5 Å². The van der Waals surface area contributed by atoms with Gasteiger partial charge in [-0.2, -0.15) is 11.8 Å². The monoisotopic (exact) mass is 204 g/mol. The van der Waals surface area contributed by atoms with Crippen LogP contribution in [0.5, 0.6) is 0 Å². The molecule has 2 atom stereocenters. The van der Waals surface area contributed by atoms with Crippen LogP contribution in [0.4, 0.5) is 0 Å². The Morgan fingerprint density at radius 2 is 2.46 bits per heavy atom. The van der Waals surface area contributed by atoms with Crippen LogP contribution in [-0.4, -0.2) is 55.3 Å². The zero-order chi connectivity index (χ0) is 9.68. The standard InChI is InChI=1S/C9H20N2OS/c1-8(5-10)13-7-9-6-11(2)3-4-12-9/h8-9H,3-7,10H2,1-2H3. The lowest BCUT2D eigenvalue weighted by Crippen LogP contribution is -2.41. The Morgan fingerprint density at radius 3 is 3.08 bits per heavy atom. The second kappa shape index (κ2) is 5.86. The van der Waals surface area contributed by atoms with Crippen molar-refractivity contribution < 1.29 is 4.74 Å². The lowest BCUT2D eigenvalue weighted by Gasteiger charge is -2.30. The molecule has 0 aliphatic carbocycles. The van der Waals surface area contributed by atoms with Crippen molar-refractivity contribution in [1.82, 2.24) is 4.90 Å². The number of hydrogen-bond acceptors (Lipinski definition) is 4. The van der Waals surface area contributed by atoms with E-state index in [2.05, 4.69) is 18.9 Å². The highest BCUT2D eigenvalue weighted by Gasteiger charge is 2.18. The molecule has 1 aliphatic heterocycles. The maximum atomic E-state index is 5.64. The molecule has 13 heavy (non-hydrogen) atoms. The molecule has 2 unspecified atom stereocenters. The Hall–Kier alpha value is 0.230. The summed E-state index contributed by atoms with van der Waals surface area (Å²) in [6.45, 7) is 5.92. The molecular weight excluding hydrogens is 184 g/mol. The van der Waals surface area contributed by atoms with E-state index in [0.717, 1.165) is 32.0 Å². The van der Waals surface area contributed by atoms with Crippen LogP contribution < -0.4 is 5.73 Å². The maximum absolute atomic E-state index is 5.64. The van der Waals surface area contributed by atoms with Gasteiger partial charge in [0.2, 0.25) is 0 Å². The molecule has 0 bridgehead atoms. The number of ether oxygens (including phenoxy) is 1. The number of hydrogen-bond donors (Lipinski definition) is 1. The quantitative estimate of drug-likeness (QED) is 0.719. The zero-order valence-corrected chi connectivity index (χ0v) is 9.35. The molecule has 0 amide bonds. The number of rotatable bonds is 4. The van der Waals surface area contributed by atoms with Crippen molar-refractivity contribution >= 4 is 11.8 Å². The predicted molar refractivity (Wildman–Crippen MR) is 58.2 cm³/mol. The maximum Gasteiger partial charge on any atom is 0.0792 e. The summed E-state index contributed by atoms with van der Waals surface area (Å²) in [6, 6.07) is 0. The molecule has 4 heteroatoms. The fraction of sp³-hybridized carbons (Fsp3) is 1.00. The van der Waals surface area contributed by atoms with E-state index in [4.69, 9.17) is 10.5 Å². The van der Waals surface area contributed by atoms with Gasteiger partial charge in [-0.05, 0) is 7.05 Å². The molecule has 1 fully saturated rings. The lowest BCUT2D eigenvalue weighted by atomic mass is 10.3. The number of morpholine rings is 1. The largest absolute Gasteiger partial charge is 0.375 e. The fourth-order valence-electron chi connectivity index (χ4n) is 1.31. The van der Waals surface area contributed by atoms with Crippen LogP contribution in [0, 0.1) is 0 Å². The summed E-state index contributed by atoms with van der Waals surface area (Å²) in [5.74, 6) is 1.07. The van der Waals surface area contributed by atoms with E-state index in [9.17, 15) is 0 Å². The third-order valence-electron chi connectivity index (χ3n) is 2.24.